The summed E-state index contributed by atoms with van der Waals surface area (Å²) in [6.07, 6.45) is 8.08. The zero-order valence-corrected chi connectivity index (χ0v) is 20.1. The standard InChI is InChI=1S/C24H35N3O4S/c1-18-12-14-26(15-13-18)32(30,31)21-9-10-22-19(16-21)8-11-23(28)27(22)17-24(29)25(2)20-6-4-3-5-7-20/h9-10,16,18,20H,3-8,11-15,17H2,1-2H3. The van der Waals surface area contributed by atoms with E-state index in [1.807, 2.05) is 7.05 Å². The number of aryl methyl sites for hydroxylation is 1. The molecule has 0 radical (unpaired) electrons. The molecule has 8 heteroatoms. The minimum Gasteiger partial charge on any atom is -0.341 e. The number of amides is 2. The van der Waals surface area contributed by atoms with Crippen LogP contribution in [-0.2, 0) is 26.0 Å². The number of anilines is 1. The van der Waals surface area contributed by atoms with Gasteiger partial charge in [0.15, 0.2) is 0 Å². The lowest BCUT2D eigenvalue weighted by atomic mass is 9.94. The van der Waals surface area contributed by atoms with Gasteiger partial charge in [-0.3, -0.25) is 9.59 Å². The molecule has 0 atom stereocenters. The SMILES string of the molecule is CC1CCN(S(=O)(=O)c2ccc3c(c2)CCC(=O)N3CC(=O)N(C)C2CCCCC2)CC1. The van der Waals surface area contributed by atoms with Gasteiger partial charge in [0.05, 0.1) is 4.90 Å². The largest absolute Gasteiger partial charge is 0.341 e. The van der Waals surface area contributed by atoms with Crippen LogP contribution in [-0.4, -0.2) is 62.2 Å². The first-order valence-electron chi connectivity index (χ1n) is 12.0. The van der Waals surface area contributed by atoms with Crippen LogP contribution >= 0.6 is 0 Å². The second-order valence-corrected chi connectivity index (χ2v) is 11.6. The third kappa shape index (κ3) is 4.71. The number of piperidine rings is 1. The number of fused-ring (bicyclic) bond motifs is 1. The summed E-state index contributed by atoms with van der Waals surface area (Å²) in [5, 5.41) is 0. The topological polar surface area (TPSA) is 78.0 Å². The normalized spacial score (nSPS) is 21.4. The predicted molar refractivity (Wildman–Crippen MR) is 124 cm³/mol. The molecular formula is C24H35N3O4S. The van der Waals surface area contributed by atoms with Crippen molar-refractivity contribution in [1.82, 2.24) is 9.21 Å². The summed E-state index contributed by atoms with van der Waals surface area (Å²) in [6, 6.07) is 5.25. The van der Waals surface area contributed by atoms with E-state index in [-0.39, 0.29) is 35.7 Å². The molecule has 0 bridgehead atoms. The molecule has 1 aromatic rings. The van der Waals surface area contributed by atoms with E-state index < -0.39 is 10.0 Å². The Morgan fingerprint density at radius 3 is 2.44 bits per heavy atom. The molecule has 3 aliphatic rings. The molecule has 0 aromatic heterocycles. The van der Waals surface area contributed by atoms with E-state index in [1.54, 1.807) is 32.3 Å². The number of hydrogen-bond acceptors (Lipinski definition) is 4. The Kier molecular flexibility index (Phi) is 6.91. The third-order valence-corrected chi connectivity index (χ3v) is 9.34. The van der Waals surface area contributed by atoms with Crippen LogP contribution in [0.5, 0.6) is 0 Å². The molecule has 1 aliphatic carbocycles. The number of sulfonamides is 1. The van der Waals surface area contributed by atoms with Crippen molar-refractivity contribution in [2.45, 2.75) is 75.6 Å². The van der Waals surface area contributed by atoms with Gasteiger partial charge in [0.2, 0.25) is 21.8 Å². The molecule has 2 amide bonds. The number of rotatable bonds is 5. The van der Waals surface area contributed by atoms with Crippen LogP contribution < -0.4 is 4.90 Å². The fraction of sp³-hybridized carbons (Fsp3) is 0.667. The van der Waals surface area contributed by atoms with Gasteiger partial charge in [0, 0.05) is 38.3 Å². The highest BCUT2D eigenvalue weighted by atomic mass is 32.2. The van der Waals surface area contributed by atoms with Gasteiger partial charge in [-0.05, 0) is 61.8 Å². The van der Waals surface area contributed by atoms with Gasteiger partial charge in [-0.1, -0.05) is 26.2 Å². The highest BCUT2D eigenvalue weighted by Gasteiger charge is 2.32. The van der Waals surface area contributed by atoms with Crippen LogP contribution in [0.15, 0.2) is 23.1 Å². The fourth-order valence-electron chi connectivity index (χ4n) is 5.16. The average Bonchev–Trinajstić information content (AvgIpc) is 2.80. The van der Waals surface area contributed by atoms with Crippen LogP contribution in [0, 0.1) is 5.92 Å². The summed E-state index contributed by atoms with van der Waals surface area (Å²) >= 11 is 0. The summed E-state index contributed by atoms with van der Waals surface area (Å²) < 4.78 is 27.9. The Morgan fingerprint density at radius 1 is 1.06 bits per heavy atom. The Balaban J connectivity index is 1.52. The molecule has 32 heavy (non-hydrogen) atoms. The lowest BCUT2D eigenvalue weighted by Gasteiger charge is -2.35. The van der Waals surface area contributed by atoms with E-state index in [0.717, 1.165) is 44.1 Å². The quantitative estimate of drug-likeness (QED) is 0.675. The van der Waals surface area contributed by atoms with Gasteiger partial charge < -0.3 is 9.80 Å². The first-order valence-corrected chi connectivity index (χ1v) is 13.4. The predicted octanol–water partition coefficient (Wildman–Crippen LogP) is 3.18. The Hall–Kier alpha value is -1.93. The van der Waals surface area contributed by atoms with Crippen molar-refractivity contribution in [3.8, 4) is 0 Å². The minimum absolute atomic E-state index is 0.00887. The number of carbonyl (C=O) groups excluding carboxylic acids is 2. The molecule has 7 nitrogen and oxygen atoms in total. The fourth-order valence-corrected chi connectivity index (χ4v) is 6.68. The summed E-state index contributed by atoms with van der Waals surface area (Å²) in [5.74, 6) is 0.412. The smallest absolute Gasteiger partial charge is 0.243 e. The molecule has 0 unspecified atom stereocenters. The molecule has 1 aromatic carbocycles. The lowest BCUT2D eigenvalue weighted by Crippen LogP contribution is -2.47. The van der Waals surface area contributed by atoms with Crippen molar-refractivity contribution in [2.75, 3.05) is 31.6 Å². The van der Waals surface area contributed by atoms with Crippen molar-refractivity contribution in [2.24, 2.45) is 5.92 Å². The number of carbonyl (C=O) groups is 2. The van der Waals surface area contributed by atoms with Gasteiger partial charge in [-0.2, -0.15) is 4.31 Å². The zero-order valence-electron chi connectivity index (χ0n) is 19.3. The van der Waals surface area contributed by atoms with Gasteiger partial charge >= 0.3 is 0 Å². The Morgan fingerprint density at radius 2 is 1.75 bits per heavy atom. The Labute approximate surface area is 191 Å². The second kappa shape index (κ2) is 9.51. The van der Waals surface area contributed by atoms with Crippen molar-refractivity contribution in [1.29, 1.82) is 0 Å². The van der Waals surface area contributed by atoms with E-state index in [2.05, 4.69) is 6.92 Å². The molecule has 176 valence electrons. The Bertz CT molecular complexity index is 963. The van der Waals surface area contributed by atoms with Crippen molar-refractivity contribution in [3.63, 3.8) is 0 Å². The maximum atomic E-state index is 13.2. The number of nitrogens with zero attached hydrogens (tertiary/aromatic N) is 3. The molecule has 1 saturated heterocycles. The maximum absolute atomic E-state index is 13.2. The van der Waals surface area contributed by atoms with Crippen LogP contribution in [0.25, 0.3) is 0 Å². The van der Waals surface area contributed by atoms with E-state index in [1.165, 1.54) is 6.42 Å². The number of likely N-dealkylation sites (N-methyl/N-ethyl adjacent to an activating group) is 1. The highest BCUT2D eigenvalue weighted by Crippen LogP contribution is 2.32. The average molecular weight is 462 g/mol. The lowest BCUT2D eigenvalue weighted by molar-refractivity contribution is -0.132. The van der Waals surface area contributed by atoms with Crippen LogP contribution in [0.2, 0.25) is 0 Å². The molecule has 0 N–H and O–H groups in total. The molecule has 2 heterocycles. The van der Waals surface area contributed by atoms with Gasteiger partial charge in [-0.25, -0.2) is 8.42 Å². The third-order valence-electron chi connectivity index (χ3n) is 7.44. The van der Waals surface area contributed by atoms with Crippen LogP contribution in [0.3, 0.4) is 0 Å². The molecule has 0 spiro atoms. The number of benzene rings is 1. The van der Waals surface area contributed by atoms with E-state index in [9.17, 15) is 18.0 Å². The maximum Gasteiger partial charge on any atom is 0.243 e. The summed E-state index contributed by atoms with van der Waals surface area (Å²) in [6.45, 7) is 3.26. The molecular weight excluding hydrogens is 426 g/mol. The molecule has 2 fully saturated rings. The van der Waals surface area contributed by atoms with Crippen LogP contribution in [0.1, 0.15) is 63.9 Å². The first-order chi connectivity index (χ1) is 15.3. The van der Waals surface area contributed by atoms with Gasteiger partial charge in [-0.15, -0.1) is 0 Å². The zero-order chi connectivity index (χ0) is 22.9. The van der Waals surface area contributed by atoms with Crippen molar-refractivity contribution < 1.29 is 18.0 Å². The van der Waals surface area contributed by atoms with Crippen molar-refractivity contribution in [3.05, 3.63) is 23.8 Å². The van der Waals surface area contributed by atoms with Gasteiger partial charge in [0.25, 0.3) is 0 Å². The molecule has 1 saturated carbocycles. The van der Waals surface area contributed by atoms with E-state index in [0.29, 0.717) is 31.1 Å². The minimum atomic E-state index is -3.55. The van der Waals surface area contributed by atoms with E-state index in [4.69, 9.17) is 0 Å². The second-order valence-electron chi connectivity index (χ2n) is 9.65. The van der Waals surface area contributed by atoms with Gasteiger partial charge in [0.1, 0.15) is 6.54 Å². The van der Waals surface area contributed by atoms with E-state index >= 15 is 0 Å². The molecule has 2 aliphatic heterocycles. The molecule has 4 rings (SSSR count). The summed E-state index contributed by atoms with van der Waals surface area (Å²) in [4.78, 5) is 29.3. The number of hydrogen-bond donors (Lipinski definition) is 0. The first kappa shape index (κ1) is 23.2. The summed E-state index contributed by atoms with van der Waals surface area (Å²) in [5.41, 5.74) is 1.49. The monoisotopic (exact) mass is 461 g/mol. The van der Waals surface area contributed by atoms with Crippen LogP contribution in [0.4, 0.5) is 5.69 Å². The van der Waals surface area contributed by atoms with Crippen molar-refractivity contribution >= 4 is 27.5 Å². The highest BCUT2D eigenvalue weighted by molar-refractivity contribution is 7.89. The summed E-state index contributed by atoms with van der Waals surface area (Å²) in [7, 11) is -1.71.